The first-order valence-corrected chi connectivity index (χ1v) is 9.67. The molecule has 0 unspecified atom stereocenters. The van der Waals surface area contributed by atoms with Crippen molar-refractivity contribution in [2.75, 3.05) is 11.9 Å². The van der Waals surface area contributed by atoms with Gasteiger partial charge in [0.2, 0.25) is 0 Å². The number of carbonyl (C=O) groups is 1. The van der Waals surface area contributed by atoms with Gasteiger partial charge in [-0.2, -0.15) is 0 Å². The molecule has 0 aliphatic rings. The van der Waals surface area contributed by atoms with Crippen molar-refractivity contribution in [2.24, 2.45) is 0 Å². The number of nitrogens with zero attached hydrogens (tertiary/aromatic N) is 1. The fourth-order valence-corrected chi connectivity index (χ4v) is 1.98. The lowest BCUT2D eigenvalue weighted by Gasteiger charge is -2.15. The number of rotatable bonds is 5. The minimum absolute atomic E-state index is 0.0161. The fourth-order valence-electron chi connectivity index (χ4n) is 1.27. The van der Waals surface area contributed by atoms with Gasteiger partial charge in [0, 0.05) is 25.9 Å². The van der Waals surface area contributed by atoms with E-state index in [-0.39, 0.29) is 5.69 Å². The van der Waals surface area contributed by atoms with Gasteiger partial charge in [0.1, 0.15) is 0 Å². The topological polar surface area (TPSA) is 81.5 Å². The lowest BCUT2D eigenvalue weighted by Crippen LogP contribution is -2.24. The van der Waals surface area contributed by atoms with Crippen molar-refractivity contribution in [3.05, 3.63) is 34.4 Å². The number of ether oxygens (including phenoxy) is 1. The van der Waals surface area contributed by atoms with Crippen molar-refractivity contribution >= 4 is 25.5 Å². The van der Waals surface area contributed by atoms with E-state index in [0.29, 0.717) is 12.3 Å². The molecule has 0 spiro atoms. The Kier molecular flexibility index (Phi) is 5.05. The molecule has 104 valence electrons. The summed E-state index contributed by atoms with van der Waals surface area (Å²) >= 11 is 0. The maximum absolute atomic E-state index is 11.5. The second-order valence-corrected chi connectivity index (χ2v) is 11.0. The molecule has 0 fully saturated rings. The van der Waals surface area contributed by atoms with Crippen LogP contribution >= 0.6 is 0 Å². The number of nitro benzene ring substituents is 1. The van der Waals surface area contributed by atoms with E-state index >= 15 is 0 Å². The molecule has 0 radical (unpaired) electrons. The van der Waals surface area contributed by atoms with Gasteiger partial charge in [-0.15, -0.1) is 0 Å². The van der Waals surface area contributed by atoms with Crippen LogP contribution in [0.5, 0.6) is 0 Å². The molecule has 0 aromatic heterocycles. The van der Waals surface area contributed by atoms with Crippen LogP contribution in [0.1, 0.15) is 0 Å². The summed E-state index contributed by atoms with van der Waals surface area (Å²) in [6, 6.07) is 6.51. The number of hydrogen-bond acceptors (Lipinski definition) is 4. The van der Waals surface area contributed by atoms with E-state index in [1.165, 1.54) is 24.3 Å². The first-order chi connectivity index (χ1) is 8.78. The predicted molar refractivity (Wildman–Crippen MR) is 76.2 cm³/mol. The number of anilines is 1. The number of nitro groups is 1. The fraction of sp³-hybridized carbons (Fsp3) is 0.417. The summed E-state index contributed by atoms with van der Waals surface area (Å²) in [7, 11) is -1.22. The first-order valence-electron chi connectivity index (χ1n) is 5.96. The molecule has 7 heteroatoms. The maximum atomic E-state index is 11.5. The molecule has 19 heavy (non-hydrogen) atoms. The summed E-state index contributed by atoms with van der Waals surface area (Å²) in [6.45, 7) is 6.99. The minimum atomic E-state index is -1.22. The Morgan fingerprint density at radius 3 is 2.37 bits per heavy atom. The third kappa shape index (κ3) is 6.00. The molecule has 1 aromatic rings. The molecular formula is C12H18N2O4Si. The van der Waals surface area contributed by atoms with Gasteiger partial charge in [-0.1, -0.05) is 19.6 Å². The molecule has 1 rings (SSSR count). The zero-order valence-electron chi connectivity index (χ0n) is 11.3. The average molecular weight is 282 g/mol. The highest BCUT2D eigenvalue weighted by Crippen LogP contribution is 2.15. The van der Waals surface area contributed by atoms with Crippen LogP contribution in [-0.2, 0) is 4.74 Å². The van der Waals surface area contributed by atoms with Crippen LogP contribution in [-0.4, -0.2) is 25.7 Å². The molecule has 1 amide bonds. The third-order valence-electron chi connectivity index (χ3n) is 2.41. The molecule has 0 aliphatic carbocycles. The van der Waals surface area contributed by atoms with Crippen LogP contribution in [0.3, 0.4) is 0 Å². The number of non-ortho nitro benzene ring substituents is 1. The molecule has 0 saturated heterocycles. The van der Waals surface area contributed by atoms with Gasteiger partial charge < -0.3 is 4.74 Å². The highest BCUT2D eigenvalue weighted by molar-refractivity contribution is 6.76. The molecule has 0 aliphatic heterocycles. The Hall–Kier alpha value is -1.89. The lowest BCUT2D eigenvalue weighted by molar-refractivity contribution is -0.384. The first kappa shape index (κ1) is 15.2. The Morgan fingerprint density at radius 1 is 1.32 bits per heavy atom. The Balaban J connectivity index is 2.42. The van der Waals surface area contributed by atoms with Crippen LogP contribution in [0.15, 0.2) is 24.3 Å². The minimum Gasteiger partial charge on any atom is -0.450 e. The van der Waals surface area contributed by atoms with E-state index in [1.807, 2.05) is 0 Å². The summed E-state index contributed by atoms with van der Waals surface area (Å²) in [6.07, 6.45) is -0.535. The van der Waals surface area contributed by atoms with Crippen LogP contribution in [0, 0.1) is 10.1 Å². The van der Waals surface area contributed by atoms with Gasteiger partial charge >= 0.3 is 6.09 Å². The van der Waals surface area contributed by atoms with Gasteiger partial charge in [0.05, 0.1) is 11.5 Å². The number of amides is 1. The largest absolute Gasteiger partial charge is 0.450 e. The molecule has 1 aromatic carbocycles. The highest BCUT2D eigenvalue weighted by atomic mass is 28.3. The average Bonchev–Trinajstić information content (AvgIpc) is 2.27. The van der Waals surface area contributed by atoms with E-state index in [0.717, 1.165) is 6.04 Å². The van der Waals surface area contributed by atoms with Crippen LogP contribution in [0.25, 0.3) is 0 Å². The Labute approximate surface area is 112 Å². The smallest absolute Gasteiger partial charge is 0.411 e. The predicted octanol–water partition coefficient (Wildman–Crippen LogP) is 3.48. The summed E-state index contributed by atoms with van der Waals surface area (Å²) in [5.41, 5.74) is 0.459. The molecule has 6 nitrogen and oxygen atoms in total. The summed E-state index contributed by atoms with van der Waals surface area (Å²) in [5.74, 6) is 0. The van der Waals surface area contributed by atoms with Gasteiger partial charge in [-0.3, -0.25) is 15.4 Å². The van der Waals surface area contributed by atoms with Crippen molar-refractivity contribution < 1.29 is 14.5 Å². The number of hydrogen-bond donors (Lipinski definition) is 1. The van der Waals surface area contributed by atoms with Gasteiger partial charge in [-0.05, 0) is 18.2 Å². The second-order valence-electron chi connectivity index (χ2n) is 5.38. The quantitative estimate of drug-likeness (QED) is 0.509. The molecule has 0 atom stereocenters. The highest BCUT2D eigenvalue weighted by Gasteiger charge is 2.14. The zero-order valence-corrected chi connectivity index (χ0v) is 12.3. The molecule has 0 saturated carbocycles. The normalized spacial score (nSPS) is 10.9. The molecule has 1 N–H and O–H groups in total. The second kappa shape index (κ2) is 6.33. The standard InChI is InChI=1S/C12H18N2O4Si/c1-19(2,3)9-8-18-12(15)13-10-4-6-11(7-5-10)14(16)17/h4-7H,8-9H2,1-3H3,(H,13,15). The molecule has 0 heterocycles. The van der Waals surface area contributed by atoms with Crippen molar-refractivity contribution in [1.82, 2.24) is 0 Å². The Morgan fingerprint density at radius 2 is 1.89 bits per heavy atom. The van der Waals surface area contributed by atoms with Gasteiger partial charge in [0.15, 0.2) is 0 Å². The lowest BCUT2D eigenvalue weighted by atomic mass is 10.3. The van der Waals surface area contributed by atoms with E-state index < -0.39 is 19.1 Å². The van der Waals surface area contributed by atoms with E-state index in [1.54, 1.807) is 0 Å². The Bertz CT molecular complexity index is 454. The van der Waals surface area contributed by atoms with E-state index in [4.69, 9.17) is 4.74 Å². The van der Waals surface area contributed by atoms with Crippen LogP contribution in [0.2, 0.25) is 25.7 Å². The third-order valence-corrected chi connectivity index (χ3v) is 4.11. The number of benzene rings is 1. The van der Waals surface area contributed by atoms with E-state index in [2.05, 4.69) is 25.0 Å². The van der Waals surface area contributed by atoms with Gasteiger partial charge in [0.25, 0.3) is 5.69 Å². The maximum Gasteiger partial charge on any atom is 0.411 e. The van der Waals surface area contributed by atoms with Crippen molar-refractivity contribution in [2.45, 2.75) is 25.7 Å². The summed E-state index contributed by atoms with van der Waals surface area (Å²) < 4.78 is 5.05. The molecule has 0 bridgehead atoms. The van der Waals surface area contributed by atoms with Gasteiger partial charge in [-0.25, -0.2) is 4.79 Å². The van der Waals surface area contributed by atoms with Crippen molar-refractivity contribution in [3.8, 4) is 0 Å². The van der Waals surface area contributed by atoms with Crippen LogP contribution in [0.4, 0.5) is 16.2 Å². The summed E-state index contributed by atoms with van der Waals surface area (Å²) in [5, 5.41) is 13.0. The monoisotopic (exact) mass is 282 g/mol. The number of carbonyl (C=O) groups excluding carboxylic acids is 1. The SMILES string of the molecule is C[Si](C)(C)CCOC(=O)Nc1ccc([N+](=O)[O-])cc1. The van der Waals surface area contributed by atoms with Crippen LogP contribution < -0.4 is 5.32 Å². The number of nitrogens with one attached hydrogen (secondary N) is 1. The summed E-state index contributed by atoms with van der Waals surface area (Å²) in [4.78, 5) is 21.4. The zero-order chi connectivity index (χ0) is 14.5. The van der Waals surface area contributed by atoms with E-state index in [9.17, 15) is 14.9 Å². The van der Waals surface area contributed by atoms with Crippen molar-refractivity contribution in [1.29, 1.82) is 0 Å². The molecular weight excluding hydrogens is 264 g/mol. The van der Waals surface area contributed by atoms with Crippen molar-refractivity contribution in [3.63, 3.8) is 0 Å².